The fourth-order valence-electron chi connectivity index (χ4n) is 5.57. The molecule has 9 heteroatoms. The number of piperidine rings is 3. The van der Waals surface area contributed by atoms with Crippen LogP contribution in [0.25, 0.3) is 0 Å². The van der Waals surface area contributed by atoms with Gasteiger partial charge in [-0.2, -0.15) is 13.2 Å². The first-order valence-corrected chi connectivity index (χ1v) is 12.7. The van der Waals surface area contributed by atoms with E-state index in [0.29, 0.717) is 57.8 Å². The van der Waals surface area contributed by atoms with Crippen LogP contribution in [0.15, 0.2) is 24.3 Å². The molecule has 0 bridgehead atoms. The van der Waals surface area contributed by atoms with Gasteiger partial charge in [-0.3, -0.25) is 14.4 Å². The molecule has 3 fully saturated rings. The summed E-state index contributed by atoms with van der Waals surface area (Å²) < 4.78 is 38.3. The molecule has 3 heterocycles. The number of hydrogen-bond donors (Lipinski definition) is 0. The van der Waals surface area contributed by atoms with Crippen LogP contribution in [0.3, 0.4) is 0 Å². The number of likely N-dealkylation sites (tertiary alicyclic amines) is 3. The van der Waals surface area contributed by atoms with Crippen LogP contribution in [0.4, 0.5) is 13.2 Å². The minimum absolute atomic E-state index is 0.00690. The summed E-state index contributed by atoms with van der Waals surface area (Å²) >= 11 is 0. The van der Waals surface area contributed by atoms with Gasteiger partial charge in [-0.15, -0.1) is 0 Å². The second-order valence-corrected chi connectivity index (χ2v) is 10.3. The zero-order valence-electron chi connectivity index (χ0n) is 20.2. The van der Waals surface area contributed by atoms with Gasteiger partial charge in [-0.1, -0.05) is 6.92 Å². The second kappa shape index (κ2) is 10.6. The lowest BCUT2D eigenvalue weighted by Gasteiger charge is -2.39. The molecule has 6 nitrogen and oxygen atoms in total. The van der Waals surface area contributed by atoms with Crippen molar-refractivity contribution in [1.82, 2.24) is 14.7 Å². The van der Waals surface area contributed by atoms with Gasteiger partial charge in [-0.05, 0) is 68.7 Å². The van der Waals surface area contributed by atoms with Crippen molar-refractivity contribution in [2.45, 2.75) is 51.6 Å². The maximum Gasteiger partial charge on any atom is 0.416 e. The van der Waals surface area contributed by atoms with Gasteiger partial charge in [0.2, 0.25) is 11.8 Å². The van der Waals surface area contributed by atoms with Crippen molar-refractivity contribution in [2.75, 3.05) is 39.3 Å². The van der Waals surface area contributed by atoms with Crippen LogP contribution in [0.2, 0.25) is 0 Å². The monoisotopic (exact) mass is 493 g/mol. The van der Waals surface area contributed by atoms with E-state index in [1.54, 1.807) is 4.90 Å². The number of carbonyl (C=O) groups is 3. The molecular formula is C26H34F3N3O3. The van der Waals surface area contributed by atoms with E-state index in [0.717, 1.165) is 31.6 Å². The average Bonchev–Trinajstić information content (AvgIpc) is 2.87. The minimum atomic E-state index is -4.44. The molecule has 0 radical (unpaired) electrons. The first-order chi connectivity index (χ1) is 16.6. The Bertz CT molecular complexity index is 918. The van der Waals surface area contributed by atoms with E-state index in [2.05, 4.69) is 6.92 Å². The van der Waals surface area contributed by atoms with E-state index in [4.69, 9.17) is 0 Å². The number of halogens is 3. The predicted octanol–water partition coefficient (Wildman–Crippen LogP) is 4.05. The fraction of sp³-hybridized carbons (Fsp3) is 0.654. The highest BCUT2D eigenvalue weighted by Crippen LogP contribution is 2.30. The van der Waals surface area contributed by atoms with Gasteiger partial charge < -0.3 is 14.7 Å². The van der Waals surface area contributed by atoms with Gasteiger partial charge in [0, 0.05) is 56.7 Å². The summed E-state index contributed by atoms with van der Waals surface area (Å²) in [4.78, 5) is 44.1. The van der Waals surface area contributed by atoms with Gasteiger partial charge in [-0.25, -0.2) is 0 Å². The molecular weight excluding hydrogens is 459 g/mol. The number of hydrogen-bond acceptors (Lipinski definition) is 3. The predicted molar refractivity (Wildman–Crippen MR) is 124 cm³/mol. The number of nitrogens with zero attached hydrogens (tertiary/aromatic N) is 3. The molecule has 192 valence electrons. The summed E-state index contributed by atoms with van der Waals surface area (Å²) in [6.45, 7) is 5.83. The lowest BCUT2D eigenvalue weighted by Crippen LogP contribution is -2.49. The van der Waals surface area contributed by atoms with Crippen molar-refractivity contribution in [2.24, 2.45) is 17.8 Å². The molecule has 0 aromatic heterocycles. The summed E-state index contributed by atoms with van der Waals surface area (Å²) in [6.07, 6.45) is 0.261. The van der Waals surface area contributed by atoms with E-state index < -0.39 is 11.7 Å². The molecule has 0 N–H and O–H groups in total. The third kappa shape index (κ3) is 5.98. The van der Waals surface area contributed by atoms with Gasteiger partial charge in [0.05, 0.1) is 5.56 Å². The number of alkyl halides is 3. The Labute approximate surface area is 204 Å². The molecule has 0 saturated carbocycles. The summed E-state index contributed by atoms with van der Waals surface area (Å²) in [5, 5.41) is 0. The molecule has 3 saturated heterocycles. The largest absolute Gasteiger partial charge is 0.416 e. The molecule has 1 aromatic carbocycles. The molecule has 0 spiro atoms. The van der Waals surface area contributed by atoms with Gasteiger partial charge in [0.25, 0.3) is 5.91 Å². The van der Waals surface area contributed by atoms with Gasteiger partial charge in [0.1, 0.15) is 0 Å². The maximum atomic E-state index is 13.1. The van der Waals surface area contributed by atoms with Crippen LogP contribution in [0.1, 0.15) is 61.4 Å². The summed E-state index contributed by atoms with van der Waals surface area (Å²) in [6, 6.07) is 4.25. The molecule has 1 atom stereocenters. The highest BCUT2D eigenvalue weighted by molar-refractivity contribution is 5.94. The number of amides is 3. The molecule has 1 aromatic rings. The minimum Gasteiger partial charge on any atom is -0.342 e. The van der Waals surface area contributed by atoms with Crippen molar-refractivity contribution in [3.8, 4) is 0 Å². The molecule has 1 unspecified atom stereocenters. The number of rotatable bonds is 3. The Kier molecular flexibility index (Phi) is 7.71. The molecule has 0 aliphatic carbocycles. The number of benzene rings is 1. The quantitative estimate of drug-likeness (QED) is 0.638. The van der Waals surface area contributed by atoms with Crippen molar-refractivity contribution in [3.63, 3.8) is 0 Å². The zero-order valence-corrected chi connectivity index (χ0v) is 20.2. The van der Waals surface area contributed by atoms with E-state index in [9.17, 15) is 27.6 Å². The summed E-state index contributed by atoms with van der Waals surface area (Å²) in [7, 11) is 0. The SMILES string of the molecule is CC1CCCN(C(=O)C2CCN(C(=O)C3CCN(C(=O)c4ccc(C(F)(F)F)cc4)CC3)CC2)C1. The van der Waals surface area contributed by atoms with Crippen molar-refractivity contribution >= 4 is 17.7 Å². The molecule has 3 aliphatic heterocycles. The average molecular weight is 494 g/mol. The molecule has 3 aliphatic rings. The van der Waals surface area contributed by atoms with Gasteiger partial charge in [0.15, 0.2) is 0 Å². The summed E-state index contributed by atoms with van der Waals surface area (Å²) in [5.41, 5.74) is -0.563. The smallest absolute Gasteiger partial charge is 0.342 e. The first kappa shape index (κ1) is 25.5. The molecule has 3 amide bonds. The molecule has 35 heavy (non-hydrogen) atoms. The van der Waals surface area contributed by atoms with E-state index in [-0.39, 0.29) is 35.1 Å². The maximum absolute atomic E-state index is 13.1. The van der Waals surface area contributed by atoms with E-state index in [1.165, 1.54) is 18.6 Å². The topological polar surface area (TPSA) is 60.9 Å². The third-order valence-corrected chi connectivity index (χ3v) is 7.72. The standard InChI is InChI=1S/C26H34F3N3O3/c1-18-3-2-12-32(17-18)25(35)21-10-15-31(16-11-21)24(34)20-8-13-30(14-9-20)23(33)19-4-6-22(7-5-19)26(27,28)29/h4-7,18,20-21H,2-3,8-17H2,1H3. The lowest BCUT2D eigenvalue weighted by molar-refractivity contribution is -0.144. The van der Waals surface area contributed by atoms with Gasteiger partial charge >= 0.3 is 6.18 Å². The highest BCUT2D eigenvalue weighted by Gasteiger charge is 2.36. The summed E-state index contributed by atoms with van der Waals surface area (Å²) in [5.74, 6) is 0.389. The zero-order chi connectivity index (χ0) is 25.2. The molecule has 4 rings (SSSR count). The van der Waals surface area contributed by atoms with E-state index >= 15 is 0 Å². The first-order valence-electron chi connectivity index (χ1n) is 12.7. The van der Waals surface area contributed by atoms with Crippen LogP contribution in [0.5, 0.6) is 0 Å². The normalized spacial score (nSPS) is 22.9. The Morgan fingerprint density at radius 3 is 1.77 bits per heavy atom. The van der Waals surface area contributed by atoms with Crippen LogP contribution in [0, 0.1) is 17.8 Å². The third-order valence-electron chi connectivity index (χ3n) is 7.72. The second-order valence-electron chi connectivity index (χ2n) is 10.3. The fourth-order valence-corrected chi connectivity index (χ4v) is 5.57. The number of carbonyl (C=O) groups excluding carboxylic acids is 3. The Balaban J connectivity index is 1.23. The van der Waals surface area contributed by atoms with Crippen LogP contribution >= 0.6 is 0 Å². The Hall–Kier alpha value is -2.58. The van der Waals surface area contributed by atoms with Crippen molar-refractivity contribution < 1.29 is 27.6 Å². The van der Waals surface area contributed by atoms with Crippen molar-refractivity contribution in [3.05, 3.63) is 35.4 Å². The highest BCUT2D eigenvalue weighted by atomic mass is 19.4. The Morgan fingerprint density at radius 1 is 0.743 bits per heavy atom. The Morgan fingerprint density at radius 2 is 1.26 bits per heavy atom. The van der Waals surface area contributed by atoms with Crippen molar-refractivity contribution in [1.29, 1.82) is 0 Å². The van der Waals surface area contributed by atoms with E-state index in [1.807, 2.05) is 9.80 Å². The van der Waals surface area contributed by atoms with Crippen LogP contribution in [-0.4, -0.2) is 71.7 Å². The van der Waals surface area contributed by atoms with Crippen LogP contribution < -0.4 is 0 Å². The van der Waals surface area contributed by atoms with Crippen LogP contribution in [-0.2, 0) is 15.8 Å². The lowest BCUT2D eigenvalue weighted by atomic mass is 9.90.